The fourth-order valence-electron chi connectivity index (χ4n) is 1.70. The summed E-state index contributed by atoms with van der Waals surface area (Å²) in [5, 5.41) is 4.01. The zero-order valence-corrected chi connectivity index (χ0v) is 12.3. The fraction of sp³-hybridized carbons (Fsp3) is 0.250. The molecule has 110 valence electrons. The number of amides is 1. The summed E-state index contributed by atoms with van der Waals surface area (Å²) in [4.78, 5) is 12.0. The van der Waals surface area contributed by atoms with Gasteiger partial charge in [0.1, 0.15) is 17.2 Å². The van der Waals surface area contributed by atoms with Crippen molar-refractivity contribution in [2.75, 3.05) is 0 Å². The third-order valence-corrected chi connectivity index (χ3v) is 2.69. The SMILES string of the molecule is C/C(=N/NC(=O)c1ccc(OC(C)C)cc1)c1ccco1. The quantitative estimate of drug-likeness (QED) is 0.678. The second-order valence-corrected chi connectivity index (χ2v) is 4.81. The maximum Gasteiger partial charge on any atom is 0.271 e. The second-order valence-electron chi connectivity index (χ2n) is 4.81. The van der Waals surface area contributed by atoms with Gasteiger partial charge in [-0.3, -0.25) is 4.79 Å². The van der Waals surface area contributed by atoms with E-state index >= 15 is 0 Å². The Hall–Kier alpha value is -2.56. The van der Waals surface area contributed by atoms with Crippen LogP contribution in [0.4, 0.5) is 0 Å². The van der Waals surface area contributed by atoms with Gasteiger partial charge >= 0.3 is 0 Å². The first kappa shape index (κ1) is 14.8. The first-order valence-corrected chi connectivity index (χ1v) is 6.71. The molecule has 5 nitrogen and oxygen atoms in total. The van der Waals surface area contributed by atoms with Gasteiger partial charge in [0, 0.05) is 5.56 Å². The molecule has 0 spiro atoms. The van der Waals surface area contributed by atoms with Crippen LogP contribution < -0.4 is 10.2 Å². The number of furan rings is 1. The van der Waals surface area contributed by atoms with Crippen molar-refractivity contribution in [2.24, 2.45) is 5.10 Å². The lowest BCUT2D eigenvalue weighted by Crippen LogP contribution is -2.19. The number of ether oxygens (including phenoxy) is 1. The highest BCUT2D eigenvalue weighted by atomic mass is 16.5. The van der Waals surface area contributed by atoms with Crippen molar-refractivity contribution in [2.45, 2.75) is 26.9 Å². The van der Waals surface area contributed by atoms with Crippen LogP contribution in [0.2, 0.25) is 0 Å². The molecule has 2 aromatic rings. The summed E-state index contributed by atoms with van der Waals surface area (Å²) in [5.74, 6) is 1.07. The zero-order valence-electron chi connectivity index (χ0n) is 12.3. The number of carbonyl (C=O) groups excluding carboxylic acids is 1. The summed E-state index contributed by atoms with van der Waals surface area (Å²) in [6.07, 6.45) is 1.66. The minimum Gasteiger partial charge on any atom is -0.491 e. The molecule has 5 heteroatoms. The van der Waals surface area contributed by atoms with Crippen molar-refractivity contribution in [3.05, 3.63) is 54.0 Å². The van der Waals surface area contributed by atoms with E-state index in [1.807, 2.05) is 13.8 Å². The van der Waals surface area contributed by atoms with E-state index in [-0.39, 0.29) is 12.0 Å². The summed E-state index contributed by atoms with van der Waals surface area (Å²) in [7, 11) is 0. The summed E-state index contributed by atoms with van der Waals surface area (Å²) in [6.45, 7) is 5.66. The van der Waals surface area contributed by atoms with Gasteiger partial charge in [-0.2, -0.15) is 5.10 Å². The van der Waals surface area contributed by atoms with Crippen molar-refractivity contribution in [1.82, 2.24) is 5.43 Å². The molecular formula is C16H18N2O3. The Morgan fingerprint density at radius 2 is 1.95 bits per heavy atom. The van der Waals surface area contributed by atoms with E-state index in [1.165, 1.54) is 0 Å². The molecule has 0 aliphatic heterocycles. The lowest BCUT2D eigenvalue weighted by Gasteiger charge is -2.09. The number of hydrogen-bond acceptors (Lipinski definition) is 4. The lowest BCUT2D eigenvalue weighted by atomic mass is 10.2. The van der Waals surface area contributed by atoms with Crippen LogP contribution in [0.25, 0.3) is 0 Å². The molecule has 0 fully saturated rings. The molecule has 1 aromatic heterocycles. The Labute approximate surface area is 123 Å². The number of hydrazone groups is 1. The van der Waals surface area contributed by atoms with Gasteiger partial charge in [0.2, 0.25) is 0 Å². The van der Waals surface area contributed by atoms with Gasteiger partial charge < -0.3 is 9.15 Å². The van der Waals surface area contributed by atoms with E-state index in [0.29, 0.717) is 17.0 Å². The minimum atomic E-state index is -0.281. The first-order valence-electron chi connectivity index (χ1n) is 6.71. The van der Waals surface area contributed by atoms with Crippen LogP contribution in [-0.4, -0.2) is 17.7 Å². The van der Waals surface area contributed by atoms with Crippen LogP contribution in [-0.2, 0) is 0 Å². The van der Waals surface area contributed by atoms with Gasteiger partial charge in [0.05, 0.1) is 12.4 Å². The Bertz CT molecular complexity index is 613. The Morgan fingerprint density at radius 3 is 2.52 bits per heavy atom. The smallest absolute Gasteiger partial charge is 0.271 e. The van der Waals surface area contributed by atoms with Gasteiger partial charge in [0.15, 0.2) is 0 Å². The highest BCUT2D eigenvalue weighted by Crippen LogP contribution is 2.13. The number of carbonyl (C=O) groups is 1. The highest BCUT2D eigenvalue weighted by molar-refractivity contribution is 5.99. The standard InChI is InChI=1S/C16H18N2O3/c1-11(2)21-14-8-6-13(7-9-14)16(19)18-17-12(3)15-5-4-10-20-15/h4-11H,1-3H3,(H,18,19)/b17-12-. The molecular weight excluding hydrogens is 268 g/mol. The van der Waals surface area contributed by atoms with E-state index in [0.717, 1.165) is 5.75 Å². The topological polar surface area (TPSA) is 63.8 Å². The van der Waals surface area contributed by atoms with Gasteiger partial charge in [0.25, 0.3) is 5.91 Å². The predicted octanol–water partition coefficient (Wildman–Crippen LogP) is 3.22. The molecule has 1 heterocycles. The van der Waals surface area contributed by atoms with Crippen molar-refractivity contribution >= 4 is 11.6 Å². The number of nitrogens with zero attached hydrogens (tertiary/aromatic N) is 1. The predicted molar refractivity (Wildman–Crippen MR) is 80.6 cm³/mol. The Balaban J connectivity index is 1.99. The summed E-state index contributed by atoms with van der Waals surface area (Å²) in [6, 6.07) is 10.5. The van der Waals surface area contributed by atoms with E-state index in [2.05, 4.69) is 10.5 Å². The normalized spacial score (nSPS) is 11.5. The Kier molecular flexibility index (Phi) is 4.77. The van der Waals surface area contributed by atoms with Crippen LogP contribution in [0.15, 0.2) is 52.2 Å². The average molecular weight is 286 g/mol. The zero-order chi connectivity index (χ0) is 15.2. The molecule has 2 rings (SSSR count). The molecule has 0 saturated heterocycles. The lowest BCUT2D eigenvalue weighted by molar-refractivity contribution is 0.0955. The van der Waals surface area contributed by atoms with Gasteiger partial charge in [-0.15, -0.1) is 0 Å². The molecule has 0 unspecified atom stereocenters. The number of benzene rings is 1. The third-order valence-electron chi connectivity index (χ3n) is 2.69. The van der Waals surface area contributed by atoms with Crippen molar-refractivity contribution in [3.63, 3.8) is 0 Å². The van der Waals surface area contributed by atoms with Crippen LogP contribution in [0.1, 0.15) is 36.9 Å². The minimum absolute atomic E-state index is 0.102. The maximum atomic E-state index is 12.0. The van der Waals surface area contributed by atoms with Gasteiger partial charge in [-0.05, 0) is 57.2 Å². The van der Waals surface area contributed by atoms with Crippen LogP contribution >= 0.6 is 0 Å². The van der Waals surface area contributed by atoms with Gasteiger partial charge in [-0.25, -0.2) is 5.43 Å². The van der Waals surface area contributed by atoms with Crippen LogP contribution in [0.3, 0.4) is 0 Å². The fourth-order valence-corrected chi connectivity index (χ4v) is 1.70. The number of rotatable bonds is 5. The largest absolute Gasteiger partial charge is 0.491 e. The maximum absolute atomic E-state index is 12.0. The van der Waals surface area contributed by atoms with E-state index < -0.39 is 0 Å². The van der Waals surface area contributed by atoms with Crippen molar-refractivity contribution in [1.29, 1.82) is 0 Å². The molecule has 0 radical (unpaired) electrons. The second kappa shape index (κ2) is 6.74. The first-order chi connectivity index (χ1) is 10.1. The molecule has 1 N–H and O–H groups in total. The van der Waals surface area contributed by atoms with Crippen LogP contribution in [0, 0.1) is 0 Å². The monoisotopic (exact) mass is 286 g/mol. The molecule has 1 amide bonds. The molecule has 0 aliphatic rings. The average Bonchev–Trinajstić information content (AvgIpc) is 2.99. The Morgan fingerprint density at radius 1 is 1.24 bits per heavy atom. The summed E-state index contributed by atoms with van der Waals surface area (Å²) in [5.41, 5.74) is 3.62. The number of hydrogen-bond donors (Lipinski definition) is 1. The third kappa shape index (κ3) is 4.21. The molecule has 1 aromatic carbocycles. The summed E-state index contributed by atoms with van der Waals surface area (Å²) >= 11 is 0. The van der Waals surface area contributed by atoms with E-state index in [4.69, 9.17) is 9.15 Å². The molecule has 0 bridgehead atoms. The van der Waals surface area contributed by atoms with Crippen LogP contribution in [0.5, 0.6) is 5.75 Å². The van der Waals surface area contributed by atoms with Crippen molar-refractivity contribution in [3.8, 4) is 5.75 Å². The van der Waals surface area contributed by atoms with E-state index in [1.54, 1.807) is 49.6 Å². The molecule has 0 atom stereocenters. The number of nitrogens with one attached hydrogen (secondary N) is 1. The summed E-state index contributed by atoms with van der Waals surface area (Å²) < 4.78 is 10.7. The molecule has 21 heavy (non-hydrogen) atoms. The van der Waals surface area contributed by atoms with Crippen molar-refractivity contribution < 1.29 is 13.9 Å². The molecule has 0 aliphatic carbocycles. The van der Waals surface area contributed by atoms with E-state index in [9.17, 15) is 4.79 Å². The van der Waals surface area contributed by atoms with Gasteiger partial charge in [-0.1, -0.05) is 0 Å². The highest BCUT2D eigenvalue weighted by Gasteiger charge is 2.06. The molecule has 0 saturated carbocycles.